The molecule has 1 saturated carbocycles. The second-order valence-corrected chi connectivity index (χ2v) is 15.2. The van der Waals surface area contributed by atoms with E-state index in [0.29, 0.717) is 12.1 Å². The Hall–Kier alpha value is -3.55. The number of aromatic nitrogens is 2. The first-order chi connectivity index (χ1) is 21.2. The molecule has 13 heteroatoms. The molecule has 1 aliphatic carbocycles. The normalized spacial score (nSPS) is 19.3. The van der Waals surface area contributed by atoms with E-state index in [0.717, 1.165) is 16.7 Å². The van der Waals surface area contributed by atoms with E-state index >= 15 is 0 Å². The number of anilines is 1. The third-order valence-electron chi connectivity index (χ3n) is 7.73. The van der Waals surface area contributed by atoms with Crippen molar-refractivity contribution in [1.29, 1.82) is 0 Å². The van der Waals surface area contributed by atoms with Crippen LogP contribution in [-0.2, 0) is 14.8 Å². The summed E-state index contributed by atoms with van der Waals surface area (Å²) in [5.41, 5.74) is 8.11. The fourth-order valence-electron chi connectivity index (χ4n) is 5.99. The van der Waals surface area contributed by atoms with E-state index in [4.69, 9.17) is 10.5 Å². The predicted octanol–water partition coefficient (Wildman–Crippen LogP) is 6.98. The smallest absolute Gasteiger partial charge is 0.476 e. The Morgan fingerprint density at radius 2 is 1.70 bits per heavy atom. The van der Waals surface area contributed by atoms with Gasteiger partial charge in [0.05, 0.1) is 16.2 Å². The molecule has 0 saturated heterocycles. The first-order valence-electron chi connectivity index (χ1n) is 15.0. The van der Waals surface area contributed by atoms with E-state index in [2.05, 4.69) is 40.2 Å². The average Bonchev–Trinajstić information content (AvgIpc) is 2.89. The predicted molar refractivity (Wildman–Crippen MR) is 169 cm³/mol. The molecule has 3 N–H and O–H groups in total. The molecule has 3 aromatic rings. The number of Topliss-reactive ketones (excluding diaryl/α,β-unsaturated/α-hetero) is 1. The minimum Gasteiger partial charge on any atom is -0.476 e. The number of sulfonamides is 1. The van der Waals surface area contributed by atoms with E-state index in [1.54, 1.807) is 6.07 Å². The van der Waals surface area contributed by atoms with E-state index in [-0.39, 0.29) is 71.3 Å². The van der Waals surface area contributed by atoms with Crippen molar-refractivity contribution in [3.05, 3.63) is 65.2 Å². The number of aryl methyl sites for hydroxylation is 2. The number of alkyl halides is 3. The van der Waals surface area contributed by atoms with Crippen LogP contribution >= 0.6 is 0 Å². The van der Waals surface area contributed by atoms with Crippen molar-refractivity contribution in [2.45, 2.75) is 90.1 Å². The summed E-state index contributed by atoms with van der Waals surface area (Å²) in [5, 5.41) is 0. The number of carbonyl (C=O) groups excluding carboxylic acids is 1. The van der Waals surface area contributed by atoms with Gasteiger partial charge in [-0.25, -0.2) is 18.1 Å². The van der Waals surface area contributed by atoms with Gasteiger partial charge in [0, 0.05) is 29.7 Å². The number of carbonyl (C=O) groups is 1. The lowest BCUT2D eigenvalue weighted by Gasteiger charge is -2.44. The number of nitrogens with one attached hydrogen (secondary N) is 1. The molecule has 1 atom stereocenters. The second kappa shape index (κ2) is 13.3. The number of nitrogens with two attached hydrogens (primary N) is 1. The highest BCUT2D eigenvalue weighted by atomic mass is 32.2. The molecule has 250 valence electrons. The van der Waals surface area contributed by atoms with Crippen molar-refractivity contribution >= 4 is 21.8 Å². The summed E-state index contributed by atoms with van der Waals surface area (Å²) in [6.07, 6.45) is -3.97. The fourth-order valence-corrected chi connectivity index (χ4v) is 6.98. The van der Waals surface area contributed by atoms with Crippen molar-refractivity contribution in [1.82, 2.24) is 9.97 Å². The van der Waals surface area contributed by atoms with Gasteiger partial charge in [-0.1, -0.05) is 51.1 Å². The first kappa shape index (κ1) is 35.3. The van der Waals surface area contributed by atoms with Crippen LogP contribution in [0.5, 0.6) is 5.88 Å². The van der Waals surface area contributed by atoms with Gasteiger partial charge in [0.1, 0.15) is 6.61 Å². The maximum absolute atomic E-state index is 13.5. The van der Waals surface area contributed by atoms with Crippen molar-refractivity contribution in [2.24, 2.45) is 17.1 Å². The number of nitrogens with zero attached hydrogens (tertiary/aromatic N) is 2. The van der Waals surface area contributed by atoms with Crippen LogP contribution in [0.3, 0.4) is 0 Å². The van der Waals surface area contributed by atoms with E-state index in [9.17, 15) is 26.4 Å². The summed E-state index contributed by atoms with van der Waals surface area (Å²) in [6.45, 7) is 11.6. The van der Waals surface area contributed by atoms with Gasteiger partial charge in [0.2, 0.25) is 11.8 Å². The molecule has 0 radical (unpaired) electrons. The topological polar surface area (TPSA) is 134 Å². The van der Waals surface area contributed by atoms with Crippen LogP contribution in [0.15, 0.2) is 53.4 Å². The Kier molecular flexibility index (Phi) is 10.2. The third kappa shape index (κ3) is 9.49. The van der Waals surface area contributed by atoms with Crippen LogP contribution in [0.1, 0.15) is 74.9 Å². The Morgan fingerprint density at radius 3 is 2.30 bits per heavy atom. The lowest BCUT2D eigenvalue weighted by molar-refractivity contribution is -0.379. The second-order valence-electron chi connectivity index (χ2n) is 13.6. The van der Waals surface area contributed by atoms with E-state index < -0.39 is 22.0 Å². The third-order valence-corrected chi connectivity index (χ3v) is 9.05. The molecule has 0 spiro atoms. The lowest BCUT2D eigenvalue weighted by atomic mass is 9.69. The van der Waals surface area contributed by atoms with Crippen LogP contribution < -0.4 is 15.2 Å². The van der Waals surface area contributed by atoms with Gasteiger partial charge in [-0.15, -0.1) is 13.2 Å². The van der Waals surface area contributed by atoms with Crippen molar-refractivity contribution in [3.8, 4) is 17.1 Å². The summed E-state index contributed by atoms with van der Waals surface area (Å²) in [7, 11) is -4.27. The van der Waals surface area contributed by atoms with E-state index in [1.165, 1.54) is 31.2 Å². The number of halogens is 3. The van der Waals surface area contributed by atoms with Gasteiger partial charge in [-0.05, 0) is 74.6 Å². The minimum absolute atomic E-state index is 0.0193. The van der Waals surface area contributed by atoms with E-state index in [1.807, 2.05) is 32.0 Å². The molecular weight excluding hydrogens is 621 g/mol. The van der Waals surface area contributed by atoms with Gasteiger partial charge in [0.25, 0.3) is 10.0 Å². The number of ketones is 1. The molecule has 1 aromatic heterocycles. The zero-order valence-electron chi connectivity index (χ0n) is 26.9. The molecule has 1 fully saturated rings. The van der Waals surface area contributed by atoms with Gasteiger partial charge >= 0.3 is 6.36 Å². The van der Waals surface area contributed by atoms with Crippen LogP contribution in [0.2, 0.25) is 0 Å². The molecule has 1 heterocycles. The Bertz CT molecular complexity index is 1660. The van der Waals surface area contributed by atoms with Crippen molar-refractivity contribution in [3.63, 3.8) is 0 Å². The summed E-state index contributed by atoms with van der Waals surface area (Å²) < 4.78 is 77.5. The van der Waals surface area contributed by atoms with Crippen molar-refractivity contribution in [2.75, 3.05) is 11.3 Å². The van der Waals surface area contributed by atoms with Crippen molar-refractivity contribution < 1.29 is 35.9 Å². The number of benzene rings is 2. The molecule has 2 aromatic carbocycles. The molecule has 9 nitrogen and oxygen atoms in total. The SMILES string of the molecule is Cc1cccc(C)c1-c1cc(OC[C@H](N)CC(C)(C)C)nc(NS(=O)(=O)c2cccc(C(=O)CC3CC(C)(OC(F)(F)F)C3)c2)n1. The van der Waals surface area contributed by atoms with Gasteiger partial charge < -0.3 is 10.5 Å². The maximum atomic E-state index is 13.5. The molecule has 0 aliphatic heterocycles. The van der Waals surface area contributed by atoms with Gasteiger partial charge in [0.15, 0.2) is 5.78 Å². The Morgan fingerprint density at radius 1 is 1.07 bits per heavy atom. The van der Waals surface area contributed by atoms with Gasteiger partial charge in [-0.3, -0.25) is 9.53 Å². The highest BCUT2D eigenvalue weighted by Crippen LogP contribution is 2.46. The van der Waals surface area contributed by atoms with Crippen LogP contribution in [0.25, 0.3) is 11.3 Å². The van der Waals surface area contributed by atoms with Crippen LogP contribution in [0.4, 0.5) is 19.1 Å². The zero-order valence-corrected chi connectivity index (χ0v) is 27.7. The summed E-state index contributed by atoms with van der Waals surface area (Å²) >= 11 is 0. The summed E-state index contributed by atoms with van der Waals surface area (Å²) in [5.74, 6) is -0.781. The lowest BCUT2D eigenvalue weighted by Crippen LogP contribution is -2.47. The molecule has 0 unspecified atom stereocenters. The minimum atomic E-state index is -4.76. The number of hydrogen-bond donors (Lipinski definition) is 2. The molecule has 1 aliphatic rings. The molecule has 4 rings (SSSR count). The number of rotatable bonds is 12. The largest absolute Gasteiger partial charge is 0.523 e. The summed E-state index contributed by atoms with van der Waals surface area (Å²) in [4.78, 5) is 21.6. The van der Waals surface area contributed by atoms with Crippen LogP contribution in [-0.4, -0.2) is 48.8 Å². The number of hydrogen-bond acceptors (Lipinski definition) is 8. The van der Waals surface area contributed by atoms with Gasteiger partial charge in [-0.2, -0.15) is 4.98 Å². The monoisotopic (exact) mass is 662 g/mol. The molecule has 0 amide bonds. The summed E-state index contributed by atoms with van der Waals surface area (Å²) in [6, 6.07) is 12.6. The zero-order chi connectivity index (χ0) is 34.1. The number of ether oxygens (including phenoxy) is 2. The maximum Gasteiger partial charge on any atom is 0.523 e. The first-order valence-corrected chi connectivity index (χ1v) is 16.5. The van der Waals surface area contributed by atoms with Crippen LogP contribution in [0, 0.1) is 25.2 Å². The Labute approximate surface area is 268 Å². The average molecular weight is 663 g/mol. The highest BCUT2D eigenvalue weighted by Gasteiger charge is 2.49. The fraction of sp³-hybridized carbons (Fsp3) is 0.485. The standard InChI is InChI=1S/C33H41F3N4O5S/c1-20-9-7-10-21(2)29(20)26-15-28(44-19-24(37)18-31(3,4)5)39-30(38-26)40-46(42,43)25-12-8-11-23(14-25)27(41)13-22-16-32(6,17-22)45-33(34,35)36/h7-12,14-15,22,24H,13,16-19,37H2,1-6H3,(H,38,39,40)/t22?,24-,32?/m1/s1. The quantitative estimate of drug-likeness (QED) is 0.199. The molecular formula is C33H41F3N4O5S. The molecule has 0 bridgehead atoms. The highest BCUT2D eigenvalue weighted by molar-refractivity contribution is 7.92. The molecule has 46 heavy (non-hydrogen) atoms. The Balaban J connectivity index is 1.55.